The first-order valence-corrected chi connectivity index (χ1v) is 3.27. The molecule has 2 heteroatoms. The van der Waals surface area contributed by atoms with Crippen LogP contribution in [0.15, 0.2) is 0 Å². The van der Waals surface area contributed by atoms with Gasteiger partial charge in [-0.2, -0.15) is 12.6 Å². The van der Waals surface area contributed by atoms with Crippen LogP contribution >= 0.6 is 12.6 Å². The largest absolute Gasteiger partial charge is 0.233 e. The fourth-order valence-electron chi connectivity index (χ4n) is 0. The molecule has 1 unspecified atom stereocenters. The van der Waals surface area contributed by atoms with Crippen LogP contribution in [0.1, 0.15) is 20.3 Å². The quantitative estimate of drug-likeness (QED) is 0.510. The van der Waals surface area contributed by atoms with Gasteiger partial charge in [-0.25, -0.2) is 5.11 Å². The van der Waals surface area contributed by atoms with Crippen molar-refractivity contribution in [2.45, 2.75) is 26.4 Å². The standard InChI is InChI=1S/C4H9O.CH4S/c1-3-4(2)5;1-2/h4H,3H2,1-2H3;2H,1H3. The molecule has 0 N–H and O–H groups in total. The Morgan fingerprint density at radius 1 is 1.57 bits per heavy atom. The van der Waals surface area contributed by atoms with Crippen molar-refractivity contribution in [3.63, 3.8) is 0 Å². The summed E-state index contributed by atoms with van der Waals surface area (Å²) in [4.78, 5) is 0. The Bertz CT molecular complexity index is 22.0. The zero-order chi connectivity index (χ0) is 6.28. The van der Waals surface area contributed by atoms with Gasteiger partial charge in [0.15, 0.2) is 0 Å². The van der Waals surface area contributed by atoms with E-state index in [0.29, 0.717) is 0 Å². The first-order valence-electron chi connectivity index (χ1n) is 2.38. The Kier molecular flexibility index (Phi) is 14.1. The average Bonchev–Trinajstić information content (AvgIpc) is 1.73. The maximum atomic E-state index is 9.90. The maximum Gasteiger partial charge on any atom is 0.0899 e. The van der Waals surface area contributed by atoms with Gasteiger partial charge < -0.3 is 0 Å². The number of rotatable bonds is 1. The van der Waals surface area contributed by atoms with Crippen molar-refractivity contribution in [3.05, 3.63) is 0 Å². The summed E-state index contributed by atoms with van der Waals surface area (Å²) < 4.78 is 0. The summed E-state index contributed by atoms with van der Waals surface area (Å²) in [5.74, 6) is 0. The smallest absolute Gasteiger partial charge is 0.0899 e. The molecule has 1 radical (unpaired) electrons. The van der Waals surface area contributed by atoms with E-state index in [1.165, 1.54) is 0 Å². The molecule has 1 atom stereocenters. The summed E-state index contributed by atoms with van der Waals surface area (Å²) in [6.45, 7) is 3.55. The second kappa shape index (κ2) is 9.58. The normalized spacial score (nSPS) is 11.6. The summed E-state index contributed by atoms with van der Waals surface area (Å²) in [6.07, 6.45) is 2.08. The van der Waals surface area contributed by atoms with Gasteiger partial charge >= 0.3 is 0 Å². The Morgan fingerprint density at radius 2 is 1.71 bits per heavy atom. The molecule has 7 heavy (non-hydrogen) atoms. The van der Waals surface area contributed by atoms with Crippen molar-refractivity contribution in [2.24, 2.45) is 0 Å². The van der Waals surface area contributed by atoms with Gasteiger partial charge in [0.1, 0.15) is 0 Å². The van der Waals surface area contributed by atoms with Crippen LogP contribution in [0.3, 0.4) is 0 Å². The van der Waals surface area contributed by atoms with Gasteiger partial charge in [0.2, 0.25) is 0 Å². The highest BCUT2D eigenvalue weighted by atomic mass is 32.1. The summed E-state index contributed by atoms with van der Waals surface area (Å²) in [5, 5.41) is 9.90. The zero-order valence-corrected chi connectivity index (χ0v) is 6.03. The third kappa shape index (κ3) is 22.0. The maximum absolute atomic E-state index is 9.90. The molecule has 0 fully saturated rings. The molecule has 0 saturated carbocycles. The number of hydrogen-bond acceptors (Lipinski definition) is 1. The molecule has 0 bridgehead atoms. The van der Waals surface area contributed by atoms with Crippen LogP contribution in [0.2, 0.25) is 0 Å². The first kappa shape index (κ1) is 10.3. The summed E-state index contributed by atoms with van der Waals surface area (Å²) in [5.41, 5.74) is 0. The van der Waals surface area contributed by atoms with Crippen LogP contribution in [-0.4, -0.2) is 12.4 Å². The fraction of sp³-hybridized carbons (Fsp3) is 1.00. The molecule has 0 saturated heterocycles. The fourth-order valence-corrected chi connectivity index (χ4v) is 0. The highest BCUT2D eigenvalue weighted by Gasteiger charge is 1.85. The second-order valence-electron chi connectivity index (χ2n) is 1.22. The van der Waals surface area contributed by atoms with Crippen LogP contribution in [0.25, 0.3) is 0 Å². The van der Waals surface area contributed by atoms with Crippen molar-refractivity contribution in [1.82, 2.24) is 0 Å². The second-order valence-corrected chi connectivity index (χ2v) is 1.22. The van der Waals surface area contributed by atoms with E-state index in [9.17, 15) is 5.11 Å². The van der Waals surface area contributed by atoms with E-state index in [0.717, 1.165) is 6.42 Å². The first-order chi connectivity index (χ1) is 3.27. The van der Waals surface area contributed by atoms with Gasteiger partial charge in [-0.15, -0.1) is 0 Å². The number of thiol groups is 1. The molecular weight excluding hydrogens is 108 g/mol. The van der Waals surface area contributed by atoms with Crippen LogP contribution in [-0.2, 0) is 5.11 Å². The van der Waals surface area contributed by atoms with Gasteiger partial charge in [-0.3, -0.25) is 0 Å². The average molecular weight is 121 g/mol. The molecule has 0 aliphatic carbocycles. The Morgan fingerprint density at radius 3 is 1.71 bits per heavy atom. The van der Waals surface area contributed by atoms with Gasteiger partial charge in [0.05, 0.1) is 6.10 Å². The van der Waals surface area contributed by atoms with Crippen molar-refractivity contribution in [1.29, 1.82) is 0 Å². The van der Waals surface area contributed by atoms with E-state index >= 15 is 0 Å². The molecule has 0 aliphatic heterocycles. The molecule has 0 amide bonds. The predicted molar refractivity (Wildman–Crippen MR) is 35.3 cm³/mol. The molecule has 0 aromatic rings. The molecule has 1 nitrogen and oxygen atoms in total. The van der Waals surface area contributed by atoms with E-state index in [1.807, 2.05) is 6.92 Å². The van der Waals surface area contributed by atoms with Gasteiger partial charge in [-0.1, -0.05) is 6.92 Å². The van der Waals surface area contributed by atoms with Gasteiger partial charge in [-0.05, 0) is 19.6 Å². The van der Waals surface area contributed by atoms with E-state index in [4.69, 9.17) is 0 Å². The summed E-state index contributed by atoms with van der Waals surface area (Å²) in [6, 6.07) is 0. The molecular formula is C5H13OS. The lowest BCUT2D eigenvalue weighted by atomic mass is 10.3. The van der Waals surface area contributed by atoms with E-state index < -0.39 is 0 Å². The minimum absolute atomic E-state index is 0.366. The highest BCUT2D eigenvalue weighted by Crippen LogP contribution is 1.83. The van der Waals surface area contributed by atoms with Crippen molar-refractivity contribution < 1.29 is 5.11 Å². The van der Waals surface area contributed by atoms with E-state index in [1.54, 1.807) is 13.2 Å². The minimum atomic E-state index is -0.366. The van der Waals surface area contributed by atoms with Crippen molar-refractivity contribution in [3.8, 4) is 0 Å². The molecule has 0 aromatic heterocycles. The molecule has 0 rings (SSSR count). The lowest BCUT2D eigenvalue weighted by Gasteiger charge is -1.86. The topological polar surface area (TPSA) is 19.9 Å². The van der Waals surface area contributed by atoms with Crippen LogP contribution in [0.5, 0.6) is 0 Å². The molecule has 0 aliphatic rings. The van der Waals surface area contributed by atoms with Crippen LogP contribution in [0.4, 0.5) is 0 Å². The Balaban J connectivity index is 0. The molecule has 0 spiro atoms. The van der Waals surface area contributed by atoms with E-state index in [-0.39, 0.29) is 6.10 Å². The van der Waals surface area contributed by atoms with Crippen molar-refractivity contribution >= 4 is 12.6 Å². The SMILES string of the molecule is CCC(C)[O].CS. The highest BCUT2D eigenvalue weighted by molar-refractivity contribution is 7.79. The Hall–Kier alpha value is 0.310. The number of hydrogen-bond donors (Lipinski definition) is 1. The summed E-state index contributed by atoms with van der Waals surface area (Å²) in [7, 11) is 0. The summed E-state index contributed by atoms with van der Waals surface area (Å²) >= 11 is 3.53. The van der Waals surface area contributed by atoms with Crippen LogP contribution in [0, 0.1) is 0 Å². The third-order valence-corrected chi connectivity index (χ3v) is 0.575. The monoisotopic (exact) mass is 121 g/mol. The molecule has 0 heterocycles. The van der Waals surface area contributed by atoms with Crippen LogP contribution < -0.4 is 0 Å². The lowest BCUT2D eigenvalue weighted by Crippen LogP contribution is -1.90. The minimum Gasteiger partial charge on any atom is -0.233 e. The van der Waals surface area contributed by atoms with Crippen molar-refractivity contribution in [2.75, 3.05) is 6.26 Å². The lowest BCUT2D eigenvalue weighted by molar-refractivity contribution is 0.102. The molecule has 0 aromatic carbocycles. The van der Waals surface area contributed by atoms with Gasteiger partial charge in [0.25, 0.3) is 0 Å². The van der Waals surface area contributed by atoms with Gasteiger partial charge in [0, 0.05) is 0 Å². The predicted octanol–water partition coefficient (Wildman–Crippen LogP) is 1.76. The Labute approximate surface area is 51.2 Å². The molecule has 45 valence electrons. The van der Waals surface area contributed by atoms with E-state index in [2.05, 4.69) is 12.6 Å². The third-order valence-electron chi connectivity index (χ3n) is 0.575. The zero-order valence-electron chi connectivity index (χ0n) is 5.14.